The molecule has 0 fully saturated rings. The van der Waals surface area contributed by atoms with Gasteiger partial charge >= 0.3 is 0 Å². The quantitative estimate of drug-likeness (QED) is 0.692. The molecule has 2 atom stereocenters. The van der Waals surface area contributed by atoms with Gasteiger partial charge in [0.05, 0.1) is 0 Å². The number of hydrogen-bond donors (Lipinski definition) is 0. The van der Waals surface area contributed by atoms with Crippen LogP contribution in [0.15, 0.2) is 72.1 Å². The van der Waals surface area contributed by atoms with E-state index < -0.39 is 0 Å². The first-order valence-corrected chi connectivity index (χ1v) is 8.17. The Hall–Kier alpha value is -1.47. The van der Waals surface area contributed by atoms with Gasteiger partial charge in [-0.3, -0.25) is 0 Å². The topological polar surface area (TPSA) is 0 Å². The first kappa shape index (κ1) is 13.5. The van der Waals surface area contributed by atoms with Crippen molar-refractivity contribution in [3.8, 4) is 0 Å². The van der Waals surface area contributed by atoms with Crippen molar-refractivity contribution in [1.29, 1.82) is 0 Å². The van der Waals surface area contributed by atoms with E-state index in [0.717, 1.165) is 6.42 Å². The maximum atomic E-state index is 2.36. The molecule has 3 rings (SSSR count). The van der Waals surface area contributed by atoms with Crippen molar-refractivity contribution in [3.05, 3.63) is 83.3 Å². The molecule has 0 radical (unpaired) electrons. The normalized spacial score (nSPS) is 25.6. The molecule has 0 saturated heterocycles. The van der Waals surface area contributed by atoms with E-state index in [2.05, 4.69) is 79.1 Å². The Bertz CT molecular complexity index is 573. The summed E-state index contributed by atoms with van der Waals surface area (Å²) in [4.78, 5) is 0. The van der Waals surface area contributed by atoms with Gasteiger partial charge in [-0.05, 0) is 29.4 Å². The van der Waals surface area contributed by atoms with Crippen LogP contribution in [-0.2, 0) is 4.75 Å². The predicted molar refractivity (Wildman–Crippen MR) is 88.9 cm³/mol. The Labute approximate surface area is 125 Å². The average molecular weight is 280 g/mol. The van der Waals surface area contributed by atoms with Gasteiger partial charge in [0.15, 0.2) is 0 Å². The van der Waals surface area contributed by atoms with Crippen molar-refractivity contribution in [2.75, 3.05) is 0 Å². The lowest BCUT2D eigenvalue weighted by Gasteiger charge is -2.37. The minimum atomic E-state index is 0.219. The molecule has 1 heteroatoms. The van der Waals surface area contributed by atoms with E-state index >= 15 is 0 Å². The lowest BCUT2D eigenvalue weighted by Crippen LogP contribution is -2.25. The molecule has 2 aromatic carbocycles. The molecule has 0 unspecified atom stereocenters. The SMILES string of the molecule is CC[C@@]1(c2ccccc2)C[C@@H](c2ccccc2)C=CS1. The number of thioether (sulfide) groups is 1. The first-order chi connectivity index (χ1) is 9.84. The van der Waals surface area contributed by atoms with Gasteiger partial charge in [-0.15, -0.1) is 11.8 Å². The minimum Gasteiger partial charge on any atom is -0.123 e. The highest BCUT2D eigenvalue weighted by Crippen LogP contribution is 2.50. The van der Waals surface area contributed by atoms with Crippen molar-refractivity contribution in [2.45, 2.75) is 30.4 Å². The van der Waals surface area contributed by atoms with Crippen molar-refractivity contribution in [1.82, 2.24) is 0 Å². The van der Waals surface area contributed by atoms with Gasteiger partial charge in [0.1, 0.15) is 0 Å². The maximum absolute atomic E-state index is 2.36. The van der Waals surface area contributed by atoms with Crippen LogP contribution in [0.2, 0.25) is 0 Å². The summed E-state index contributed by atoms with van der Waals surface area (Å²) < 4.78 is 0.219. The molecule has 0 aliphatic carbocycles. The molecule has 0 bridgehead atoms. The lowest BCUT2D eigenvalue weighted by molar-refractivity contribution is 0.517. The second-order valence-corrected chi connectivity index (χ2v) is 6.67. The number of hydrogen-bond acceptors (Lipinski definition) is 1. The van der Waals surface area contributed by atoms with Crippen molar-refractivity contribution in [3.63, 3.8) is 0 Å². The second-order valence-electron chi connectivity index (χ2n) is 5.38. The van der Waals surface area contributed by atoms with E-state index in [1.807, 2.05) is 11.8 Å². The van der Waals surface area contributed by atoms with Gasteiger partial charge < -0.3 is 0 Å². The third-order valence-electron chi connectivity index (χ3n) is 4.25. The molecule has 0 aromatic heterocycles. The zero-order chi connectivity index (χ0) is 13.8. The molecule has 0 amide bonds. The molecule has 1 aliphatic heterocycles. The molecule has 0 saturated carbocycles. The van der Waals surface area contributed by atoms with Crippen LogP contribution in [0.5, 0.6) is 0 Å². The van der Waals surface area contributed by atoms with Gasteiger partial charge in [-0.2, -0.15) is 0 Å². The van der Waals surface area contributed by atoms with Crippen molar-refractivity contribution >= 4 is 11.8 Å². The fraction of sp³-hybridized carbons (Fsp3) is 0.263. The monoisotopic (exact) mass is 280 g/mol. The highest BCUT2D eigenvalue weighted by molar-refractivity contribution is 8.03. The van der Waals surface area contributed by atoms with Gasteiger partial charge in [0.2, 0.25) is 0 Å². The largest absolute Gasteiger partial charge is 0.123 e. The van der Waals surface area contributed by atoms with Crippen LogP contribution < -0.4 is 0 Å². The van der Waals surface area contributed by atoms with Gasteiger partial charge in [-0.1, -0.05) is 73.7 Å². The highest BCUT2D eigenvalue weighted by atomic mass is 32.2. The molecular weight excluding hydrogens is 260 g/mol. The Morgan fingerprint density at radius 3 is 2.30 bits per heavy atom. The van der Waals surface area contributed by atoms with Crippen molar-refractivity contribution < 1.29 is 0 Å². The molecule has 1 aliphatic rings. The average Bonchev–Trinajstić information content (AvgIpc) is 2.56. The Balaban J connectivity index is 1.94. The third kappa shape index (κ3) is 2.55. The highest BCUT2D eigenvalue weighted by Gasteiger charge is 2.35. The summed E-state index contributed by atoms with van der Waals surface area (Å²) >= 11 is 1.98. The van der Waals surface area contributed by atoms with Crippen LogP contribution in [0.4, 0.5) is 0 Å². The van der Waals surface area contributed by atoms with Crippen LogP contribution in [-0.4, -0.2) is 0 Å². The van der Waals surface area contributed by atoms with Crippen LogP contribution in [0.25, 0.3) is 0 Å². The standard InChI is InChI=1S/C19H20S/c1-2-19(18-11-7-4-8-12-18)15-17(13-14-20-19)16-9-5-3-6-10-16/h3-14,17H,2,15H2,1H3/t17-,19-/m0/s1. The zero-order valence-corrected chi connectivity index (χ0v) is 12.6. The zero-order valence-electron chi connectivity index (χ0n) is 11.8. The van der Waals surface area contributed by atoms with Crippen LogP contribution in [0.3, 0.4) is 0 Å². The van der Waals surface area contributed by atoms with E-state index in [9.17, 15) is 0 Å². The molecular formula is C19H20S. The Morgan fingerprint density at radius 2 is 1.65 bits per heavy atom. The maximum Gasteiger partial charge on any atom is 0.0455 e. The minimum absolute atomic E-state index is 0.219. The molecule has 2 aromatic rings. The first-order valence-electron chi connectivity index (χ1n) is 7.29. The van der Waals surface area contributed by atoms with Crippen molar-refractivity contribution in [2.24, 2.45) is 0 Å². The number of benzene rings is 2. The van der Waals surface area contributed by atoms with Crippen LogP contribution >= 0.6 is 11.8 Å². The summed E-state index contributed by atoms with van der Waals surface area (Å²) in [5.74, 6) is 0.526. The molecule has 20 heavy (non-hydrogen) atoms. The lowest BCUT2D eigenvalue weighted by atomic mass is 9.82. The Morgan fingerprint density at radius 1 is 1.00 bits per heavy atom. The van der Waals surface area contributed by atoms with E-state index in [1.165, 1.54) is 17.5 Å². The van der Waals surface area contributed by atoms with Gasteiger partial charge in [0.25, 0.3) is 0 Å². The van der Waals surface area contributed by atoms with Gasteiger partial charge in [-0.25, -0.2) is 0 Å². The van der Waals surface area contributed by atoms with E-state index in [4.69, 9.17) is 0 Å². The summed E-state index contributed by atoms with van der Waals surface area (Å²) in [5, 5.41) is 2.30. The third-order valence-corrected chi connectivity index (χ3v) is 5.69. The molecule has 0 N–H and O–H groups in total. The van der Waals surface area contributed by atoms with Crippen LogP contribution in [0.1, 0.15) is 36.8 Å². The number of rotatable bonds is 3. The van der Waals surface area contributed by atoms with Gasteiger partial charge in [0, 0.05) is 10.7 Å². The molecule has 0 nitrogen and oxygen atoms in total. The summed E-state index contributed by atoms with van der Waals surface area (Å²) in [6.45, 7) is 2.31. The molecule has 1 heterocycles. The Kier molecular flexibility index (Phi) is 3.98. The predicted octanol–water partition coefficient (Wildman–Crippen LogP) is 5.73. The number of allylic oxidation sites excluding steroid dienone is 1. The molecule has 102 valence electrons. The fourth-order valence-electron chi connectivity index (χ4n) is 3.02. The second kappa shape index (κ2) is 5.88. The van der Waals surface area contributed by atoms with E-state index in [1.54, 1.807) is 0 Å². The summed E-state index contributed by atoms with van der Waals surface area (Å²) in [6, 6.07) is 21.8. The summed E-state index contributed by atoms with van der Waals surface area (Å²) in [7, 11) is 0. The van der Waals surface area contributed by atoms with Crippen LogP contribution in [0, 0.1) is 0 Å². The smallest absolute Gasteiger partial charge is 0.0455 e. The molecule has 0 spiro atoms. The summed E-state index contributed by atoms with van der Waals surface area (Å²) in [5.41, 5.74) is 2.88. The fourth-order valence-corrected chi connectivity index (χ4v) is 4.27. The van der Waals surface area contributed by atoms with E-state index in [0.29, 0.717) is 5.92 Å². The summed E-state index contributed by atoms with van der Waals surface area (Å²) in [6.07, 6.45) is 4.70. The van der Waals surface area contributed by atoms with E-state index in [-0.39, 0.29) is 4.75 Å².